The van der Waals surface area contributed by atoms with E-state index in [1.165, 1.54) is 24.2 Å². The maximum atomic E-state index is 11.9. The number of benzene rings is 3. The average Bonchev–Trinajstić information content (AvgIpc) is 1.08. The standard InChI is InChI=1S/C17H27NO2.C16H25NO4S.C16H25NO2.C10H24N3O3P.C10H21NO4S/c1-3-19-17(20-4-2)13-9-6-10-14-18-15-16-11-7-5-8-12-16;1-3-20-16(21-4-2)13-9-6-10-14-17-22(18,19)15-11-7-5-8-12-15;1-3-18-16(19-4-2)13-9-6-10-14-17-15-11-7-5-8-12-15;1-3-15-10(16-4-2)8-6-5-7-9-13-17(11,12)14;1-3-14-10(15-4-2)8-6-5-7-9-11-16(12)13/h5,7-8,10-12,14,17-18H,3-4,6,9,13,15H2,1-2H3;5,7-8,10-12,14,16-17H,3-4,6,9,13H2,1-2H3;5,7-8,10-12,14,16-17H,3-4,6,9,13H2,1-2H3;7,9-10H,3-6,8H2,1-2H3,(H5,11,12,13,14);7,9-11H,3-6,8H2,1-2H3,(H,12,13)/p-1. The molecule has 25 heteroatoms. The first-order chi connectivity index (χ1) is 45.5. The van der Waals surface area contributed by atoms with Gasteiger partial charge in [-0.25, -0.2) is 8.42 Å². The van der Waals surface area contributed by atoms with E-state index in [1.807, 2.05) is 124 Å². The molecule has 0 saturated heterocycles. The summed E-state index contributed by atoms with van der Waals surface area (Å²) in [5, 5.41) is 8.97. The number of sulfonamides is 1. The van der Waals surface area contributed by atoms with Gasteiger partial charge >= 0.3 is 0 Å². The van der Waals surface area contributed by atoms with Crippen molar-refractivity contribution >= 4 is 34.6 Å². The van der Waals surface area contributed by atoms with Crippen LogP contribution in [-0.2, 0) is 79.8 Å². The molecule has 3 rings (SSSR count). The van der Waals surface area contributed by atoms with Crippen molar-refractivity contribution in [2.75, 3.05) is 71.4 Å². The Kier molecular flexibility index (Phi) is 64.8. The molecule has 0 amide bonds. The van der Waals surface area contributed by atoms with Crippen LogP contribution in [0.5, 0.6) is 0 Å². The number of anilines is 1. The molecule has 0 saturated carbocycles. The third kappa shape index (κ3) is 60.8. The van der Waals surface area contributed by atoms with E-state index in [-0.39, 0.29) is 36.3 Å². The predicted octanol–water partition coefficient (Wildman–Crippen LogP) is 14.2. The first kappa shape index (κ1) is 91.2. The van der Waals surface area contributed by atoms with Gasteiger partial charge in [0.1, 0.15) is 0 Å². The second-order valence-electron chi connectivity index (χ2n) is 19.9. The first-order valence-corrected chi connectivity index (χ1v) is 37.8. The van der Waals surface area contributed by atoms with Gasteiger partial charge in [-0.15, -0.1) is 0 Å². The van der Waals surface area contributed by atoms with Crippen molar-refractivity contribution in [3.8, 4) is 0 Å². The second-order valence-corrected chi connectivity index (χ2v) is 24.0. The van der Waals surface area contributed by atoms with E-state index in [0.29, 0.717) is 66.1 Å². The summed E-state index contributed by atoms with van der Waals surface area (Å²) < 4.78 is 114. The van der Waals surface area contributed by atoms with Gasteiger partial charge in [-0.2, -0.15) is 0 Å². The predicted molar refractivity (Wildman–Crippen MR) is 381 cm³/mol. The summed E-state index contributed by atoms with van der Waals surface area (Å²) in [6.07, 6.45) is 31.2. The van der Waals surface area contributed by atoms with Crippen LogP contribution in [0.1, 0.15) is 171 Å². The Balaban J connectivity index is 0. The van der Waals surface area contributed by atoms with Gasteiger partial charge in [0.15, 0.2) is 31.5 Å². The lowest BCUT2D eigenvalue weighted by Crippen LogP contribution is -2.18. The molecule has 0 heterocycles. The highest BCUT2D eigenvalue weighted by Gasteiger charge is 2.12. The molecule has 3 aromatic rings. The highest BCUT2D eigenvalue weighted by molar-refractivity contribution is 7.89. The topological polar surface area (TPSA) is 296 Å². The smallest absolute Gasteiger partial charge is 0.297 e. The zero-order valence-corrected chi connectivity index (χ0v) is 60.8. The number of hydrogen-bond donors (Lipinski definition) is 7. The zero-order valence-electron chi connectivity index (χ0n) is 58.2. The van der Waals surface area contributed by atoms with Gasteiger partial charge in [-0.3, -0.25) is 24.5 Å². The van der Waals surface area contributed by atoms with Gasteiger partial charge in [-0.1, -0.05) is 97.1 Å². The molecule has 0 aromatic heterocycles. The molecule has 0 spiro atoms. The minimum Gasteiger partial charge on any atom is -0.755 e. The Bertz CT molecular complexity index is 2420. The maximum absolute atomic E-state index is 11.9. The molecular formula is C69H121N7O15PS2-. The largest absolute Gasteiger partial charge is 0.755 e. The Labute approximate surface area is 569 Å². The van der Waals surface area contributed by atoms with Crippen molar-refractivity contribution in [1.29, 1.82) is 0 Å². The highest BCUT2D eigenvalue weighted by atomic mass is 32.2. The third-order valence-electron chi connectivity index (χ3n) is 12.2. The van der Waals surface area contributed by atoms with Gasteiger partial charge in [-0.05, 0) is 208 Å². The molecule has 3 aromatic carbocycles. The molecule has 0 aliphatic rings. The fraction of sp³-hybridized carbons (Fsp3) is 0.594. The van der Waals surface area contributed by atoms with Gasteiger partial charge in [0.2, 0.25) is 0 Å². The molecule has 1 atom stereocenters. The van der Waals surface area contributed by atoms with Gasteiger partial charge in [0.05, 0.1) is 4.90 Å². The van der Waals surface area contributed by atoms with Crippen molar-refractivity contribution in [2.24, 2.45) is 11.0 Å². The minimum atomic E-state index is -3.47. The summed E-state index contributed by atoms with van der Waals surface area (Å²) in [6, 6.07) is 28.8. The number of nitrogens with one attached hydrogen (secondary N) is 5. The van der Waals surface area contributed by atoms with Crippen LogP contribution in [0.25, 0.3) is 0 Å². The van der Waals surface area contributed by atoms with Crippen molar-refractivity contribution in [1.82, 2.24) is 19.8 Å². The van der Waals surface area contributed by atoms with Crippen LogP contribution in [0.4, 0.5) is 5.69 Å². The molecule has 1 unspecified atom stereocenters. The van der Waals surface area contributed by atoms with Crippen molar-refractivity contribution in [3.05, 3.63) is 158 Å². The number of allylic oxidation sites excluding steroid dienone is 5. The van der Waals surface area contributed by atoms with E-state index in [0.717, 1.165) is 109 Å². The Morgan fingerprint density at radius 1 is 0.447 bits per heavy atom. The van der Waals surface area contributed by atoms with E-state index in [9.17, 15) is 21.7 Å². The molecular weight excluding hydrogens is 1260 g/mol. The maximum Gasteiger partial charge on any atom is 0.297 e. The van der Waals surface area contributed by atoms with Crippen LogP contribution in [0.3, 0.4) is 0 Å². The number of rotatable bonds is 52. The van der Waals surface area contributed by atoms with E-state index in [1.54, 1.807) is 42.5 Å². The molecule has 0 bridgehead atoms. The third-order valence-corrected chi connectivity index (χ3v) is 14.4. The SMILES string of the molecule is CCOC(CCCC=CNCc1ccccc1)OCC.CCOC(CCCC=CNP(N)(N)=O)OCC.CCOC(CCCC=CNS(=O)(=O)c1ccccc1)OCC.CCOC(CCCC=CNS(=O)[O-])OCC.CCOC(CCCC=CNc1ccccc1)OCC. The van der Waals surface area contributed by atoms with E-state index >= 15 is 0 Å². The van der Waals surface area contributed by atoms with Crippen LogP contribution >= 0.6 is 7.59 Å². The molecule has 94 heavy (non-hydrogen) atoms. The number of ether oxygens (including phenoxy) is 10. The van der Waals surface area contributed by atoms with Gasteiger partial charge in [0, 0.05) is 108 Å². The fourth-order valence-corrected chi connectivity index (χ4v) is 9.46. The Morgan fingerprint density at radius 2 is 0.755 bits per heavy atom. The number of hydrogen-bond acceptors (Lipinski definition) is 17. The summed E-state index contributed by atoms with van der Waals surface area (Å²) in [4.78, 5) is 0.257. The lowest BCUT2D eigenvalue weighted by atomic mass is 10.2. The molecule has 0 aliphatic carbocycles. The monoisotopic (exact) mass is 1380 g/mol. The number of unbranched alkanes of at least 4 members (excludes halogenated alkanes) is 5. The zero-order chi connectivity index (χ0) is 69.9. The van der Waals surface area contributed by atoms with Crippen LogP contribution < -0.4 is 36.2 Å². The van der Waals surface area contributed by atoms with Crippen LogP contribution in [0.15, 0.2) is 157 Å². The molecule has 540 valence electrons. The second kappa shape index (κ2) is 66.8. The highest BCUT2D eigenvalue weighted by Crippen LogP contribution is 2.17. The summed E-state index contributed by atoms with van der Waals surface area (Å²) in [5.41, 5.74) is 12.6. The quantitative estimate of drug-likeness (QED) is 0.0120. The number of nitrogens with two attached hydrogens (primary N) is 2. The van der Waals surface area contributed by atoms with Crippen molar-refractivity contribution < 1.29 is 69.1 Å². The molecule has 9 N–H and O–H groups in total. The van der Waals surface area contributed by atoms with Crippen molar-refractivity contribution in [2.45, 2.75) is 208 Å². The minimum absolute atomic E-state index is 0.0457. The Morgan fingerprint density at radius 3 is 1.10 bits per heavy atom. The molecule has 22 nitrogen and oxygen atoms in total. The summed E-state index contributed by atoms with van der Waals surface area (Å²) in [6.45, 7) is 27.1. The summed E-state index contributed by atoms with van der Waals surface area (Å²) >= 11 is -2.22. The van der Waals surface area contributed by atoms with E-state index in [4.69, 9.17) is 58.4 Å². The molecule has 0 aliphatic heterocycles. The van der Waals surface area contributed by atoms with Crippen molar-refractivity contribution in [3.63, 3.8) is 0 Å². The molecule has 0 fully saturated rings. The summed E-state index contributed by atoms with van der Waals surface area (Å²) in [7, 11) is -6.61. The van der Waals surface area contributed by atoms with Gasteiger partial charge in [0.25, 0.3) is 17.6 Å². The number of para-hydroxylation sites is 1. The summed E-state index contributed by atoms with van der Waals surface area (Å²) in [5.74, 6) is 0. The van der Waals surface area contributed by atoms with Gasteiger partial charge < -0.3 is 72.4 Å². The van der Waals surface area contributed by atoms with Crippen LogP contribution in [0, 0.1) is 0 Å². The normalized spacial score (nSPS) is 12.1. The Hall–Kier alpha value is -4.83. The molecule has 0 radical (unpaired) electrons. The average molecular weight is 1380 g/mol. The lowest BCUT2D eigenvalue weighted by Gasteiger charge is -2.16. The lowest BCUT2D eigenvalue weighted by molar-refractivity contribution is -0.140. The first-order valence-electron chi connectivity index (χ1n) is 33.4. The van der Waals surface area contributed by atoms with E-state index in [2.05, 4.69) is 61.6 Å². The van der Waals surface area contributed by atoms with E-state index < -0.39 is 28.9 Å². The van der Waals surface area contributed by atoms with Crippen LogP contribution in [0.2, 0.25) is 0 Å². The fourth-order valence-electron chi connectivity index (χ4n) is 7.99. The van der Waals surface area contributed by atoms with Crippen LogP contribution in [-0.4, -0.2) is 115 Å².